The Morgan fingerprint density at radius 2 is 2.24 bits per heavy atom. The van der Waals surface area contributed by atoms with E-state index in [4.69, 9.17) is 0 Å². The summed E-state index contributed by atoms with van der Waals surface area (Å²) in [7, 11) is 0. The first kappa shape index (κ1) is 16.2. The lowest BCUT2D eigenvalue weighted by Gasteiger charge is -2.42. The van der Waals surface area contributed by atoms with Crippen molar-refractivity contribution >= 4 is 5.91 Å². The highest BCUT2D eigenvalue weighted by Crippen LogP contribution is 2.55. The van der Waals surface area contributed by atoms with Gasteiger partial charge in [0.2, 0.25) is 0 Å². The van der Waals surface area contributed by atoms with Crippen molar-refractivity contribution in [2.75, 3.05) is 13.1 Å². The van der Waals surface area contributed by atoms with Crippen molar-refractivity contribution < 1.29 is 4.79 Å². The summed E-state index contributed by atoms with van der Waals surface area (Å²) in [6.45, 7) is 6.79. The molecule has 2 aliphatic rings. The lowest BCUT2D eigenvalue weighted by atomic mass is 9.62. The molecule has 0 radical (unpaired) electrons. The van der Waals surface area contributed by atoms with Gasteiger partial charge in [0.15, 0.2) is 0 Å². The molecular weight excluding hydrogens is 316 g/mol. The Balaban J connectivity index is 1.61. The fourth-order valence-electron chi connectivity index (χ4n) is 4.26. The van der Waals surface area contributed by atoms with Crippen LogP contribution in [0.15, 0.2) is 24.9 Å². The standard InChI is InChI=1S/C18H24N6O/c1-13(2)8-24-12-21-22-16(24)14-9-23(10-18(14)5-3-6-18)17(25)15-4-7-19-11-20-15/h4,7,11-14H,3,5-6,8-10H2,1-2H3. The topological polar surface area (TPSA) is 76.8 Å². The molecule has 1 saturated heterocycles. The number of amides is 1. The minimum absolute atomic E-state index is 0.00824. The van der Waals surface area contributed by atoms with Gasteiger partial charge in [-0.1, -0.05) is 20.3 Å². The number of nitrogens with zero attached hydrogens (tertiary/aromatic N) is 6. The molecule has 7 nitrogen and oxygen atoms in total. The first-order chi connectivity index (χ1) is 12.1. The van der Waals surface area contributed by atoms with E-state index in [1.165, 1.54) is 12.7 Å². The first-order valence-corrected chi connectivity index (χ1v) is 9.02. The fourth-order valence-corrected chi connectivity index (χ4v) is 4.26. The minimum Gasteiger partial charge on any atom is -0.336 e. The van der Waals surface area contributed by atoms with Gasteiger partial charge in [-0.25, -0.2) is 9.97 Å². The van der Waals surface area contributed by atoms with Gasteiger partial charge in [0.05, 0.1) is 0 Å². The summed E-state index contributed by atoms with van der Waals surface area (Å²) in [5, 5.41) is 8.61. The Hall–Kier alpha value is -2.31. The highest BCUT2D eigenvalue weighted by atomic mass is 16.2. The maximum atomic E-state index is 12.8. The summed E-state index contributed by atoms with van der Waals surface area (Å²) in [5.74, 6) is 1.82. The van der Waals surface area contributed by atoms with Crippen molar-refractivity contribution in [3.05, 3.63) is 36.4 Å². The highest BCUT2D eigenvalue weighted by Gasteiger charge is 2.53. The van der Waals surface area contributed by atoms with E-state index in [-0.39, 0.29) is 17.2 Å². The molecule has 2 aromatic heterocycles. The predicted octanol–water partition coefficient (Wildman–Crippen LogP) is 2.13. The zero-order valence-corrected chi connectivity index (χ0v) is 14.8. The van der Waals surface area contributed by atoms with Gasteiger partial charge in [-0.15, -0.1) is 10.2 Å². The van der Waals surface area contributed by atoms with E-state index < -0.39 is 0 Å². The van der Waals surface area contributed by atoms with E-state index in [2.05, 4.69) is 38.6 Å². The average Bonchev–Trinajstić information content (AvgIpc) is 3.18. The SMILES string of the molecule is CC(C)Cn1cnnc1C1CN(C(=O)c2ccncn2)CC12CCC2. The molecule has 1 aliphatic heterocycles. The normalized spacial score (nSPS) is 21.7. The number of likely N-dealkylation sites (tertiary alicyclic amines) is 1. The quantitative estimate of drug-likeness (QED) is 0.852. The molecule has 1 unspecified atom stereocenters. The van der Waals surface area contributed by atoms with Crippen LogP contribution in [0.25, 0.3) is 0 Å². The molecule has 4 rings (SSSR count). The Labute approximate surface area is 147 Å². The van der Waals surface area contributed by atoms with Crippen molar-refractivity contribution in [2.45, 2.75) is 45.6 Å². The zero-order chi connectivity index (χ0) is 17.4. The molecule has 7 heteroatoms. The Morgan fingerprint density at radius 3 is 2.88 bits per heavy atom. The molecule has 25 heavy (non-hydrogen) atoms. The lowest BCUT2D eigenvalue weighted by molar-refractivity contribution is 0.0717. The van der Waals surface area contributed by atoms with Gasteiger partial charge in [-0.2, -0.15) is 0 Å². The first-order valence-electron chi connectivity index (χ1n) is 9.02. The maximum Gasteiger partial charge on any atom is 0.272 e. The van der Waals surface area contributed by atoms with Gasteiger partial charge >= 0.3 is 0 Å². The second-order valence-electron chi connectivity index (χ2n) is 7.78. The van der Waals surface area contributed by atoms with Crippen molar-refractivity contribution in [3.63, 3.8) is 0 Å². The second-order valence-corrected chi connectivity index (χ2v) is 7.78. The summed E-state index contributed by atoms with van der Waals surface area (Å²) < 4.78 is 2.17. The molecule has 2 fully saturated rings. The molecule has 3 heterocycles. The minimum atomic E-state index is -0.00824. The van der Waals surface area contributed by atoms with Crippen molar-refractivity contribution in [2.24, 2.45) is 11.3 Å². The van der Waals surface area contributed by atoms with Crippen LogP contribution in [0.2, 0.25) is 0 Å². The van der Waals surface area contributed by atoms with Gasteiger partial charge in [0.1, 0.15) is 24.2 Å². The van der Waals surface area contributed by atoms with Crippen LogP contribution in [0, 0.1) is 11.3 Å². The molecule has 0 bridgehead atoms. The van der Waals surface area contributed by atoms with E-state index in [1.807, 2.05) is 11.2 Å². The van der Waals surface area contributed by atoms with Crippen LogP contribution in [0.5, 0.6) is 0 Å². The van der Waals surface area contributed by atoms with E-state index in [0.717, 1.165) is 31.8 Å². The molecular formula is C18H24N6O. The van der Waals surface area contributed by atoms with Crippen LogP contribution in [-0.4, -0.2) is 48.6 Å². The molecule has 1 spiro atoms. The van der Waals surface area contributed by atoms with Crippen LogP contribution in [0.1, 0.15) is 55.3 Å². The third kappa shape index (κ3) is 2.81. The van der Waals surface area contributed by atoms with Gasteiger partial charge in [0, 0.05) is 31.7 Å². The molecule has 1 saturated carbocycles. The number of carbonyl (C=O) groups excluding carboxylic acids is 1. The van der Waals surface area contributed by atoms with Crippen LogP contribution < -0.4 is 0 Å². The maximum absolute atomic E-state index is 12.8. The molecule has 1 amide bonds. The zero-order valence-electron chi connectivity index (χ0n) is 14.8. The Bertz CT molecular complexity index is 752. The smallest absolute Gasteiger partial charge is 0.272 e. The van der Waals surface area contributed by atoms with E-state index in [1.54, 1.807) is 12.3 Å². The van der Waals surface area contributed by atoms with E-state index in [0.29, 0.717) is 18.2 Å². The van der Waals surface area contributed by atoms with Gasteiger partial charge in [0.25, 0.3) is 5.91 Å². The molecule has 1 aliphatic carbocycles. The second kappa shape index (κ2) is 6.20. The summed E-state index contributed by atoms with van der Waals surface area (Å²) in [6.07, 6.45) is 8.41. The summed E-state index contributed by atoms with van der Waals surface area (Å²) in [5.41, 5.74) is 0.624. The van der Waals surface area contributed by atoms with Crippen LogP contribution >= 0.6 is 0 Å². The number of hydrogen-bond acceptors (Lipinski definition) is 5. The van der Waals surface area contributed by atoms with Crippen LogP contribution in [-0.2, 0) is 6.54 Å². The number of hydrogen-bond donors (Lipinski definition) is 0. The number of carbonyl (C=O) groups is 1. The van der Waals surface area contributed by atoms with Crippen molar-refractivity contribution in [1.29, 1.82) is 0 Å². The summed E-state index contributed by atoms with van der Waals surface area (Å²) in [6, 6.07) is 1.68. The van der Waals surface area contributed by atoms with Crippen molar-refractivity contribution in [1.82, 2.24) is 29.6 Å². The highest BCUT2D eigenvalue weighted by molar-refractivity contribution is 5.92. The van der Waals surface area contributed by atoms with Crippen LogP contribution in [0.4, 0.5) is 0 Å². The summed E-state index contributed by atoms with van der Waals surface area (Å²) in [4.78, 5) is 22.8. The lowest BCUT2D eigenvalue weighted by Crippen LogP contribution is -2.38. The van der Waals surface area contributed by atoms with Gasteiger partial charge in [-0.3, -0.25) is 4.79 Å². The molecule has 0 N–H and O–H groups in total. The molecule has 0 aromatic carbocycles. The Kier molecular flexibility index (Phi) is 4.01. The Morgan fingerprint density at radius 1 is 1.40 bits per heavy atom. The predicted molar refractivity (Wildman–Crippen MR) is 91.8 cm³/mol. The fraction of sp³-hybridized carbons (Fsp3) is 0.611. The number of rotatable bonds is 4. The summed E-state index contributed by atoms with van der Waals surface area (Å²) >= 11 is 0. The molecule has 2 aromatic rings. The van der Waals surface area contributed by atoms with E-state index >= 15 is 0 Å². The van der Waals surface area contributed by atoms with Gasteiger partial charge < -0.3 is 9.47 Å². The van der Waals surface area contributed by atoms with Crippen LogP contribution in [0.3, 0.4) is 0 Å². The average molecular weight is 340 g/mol. The van der Waals surface area contributed by atoms with E-state index in [9.17, 15) is 4.79 Å². The molecule has 132 valence electrons. The third-order valence-corrected chi connectivity index (χ3v) is 5.60. The van der Waals surface area contributed by atoms with Crippen molar-refractivity contribution in [3.8, 4) is 0 Å². The van der Waals surface area contributed by atoms with Gasteiger partial charge in [-0.05, 0) is 30.2 Å². The largest absolute Gasteiger partial charge is 0.336 e. The number of aromatic nitrogens is 5. The monoisotopic (exact) mass is 340 g/mol. The molecule has 1 atom stereocenters. The third-order valence-electron chi connectivity index (χ3n) is 5.60.